The zero-order valence-corrected chi connectivity index (χ0v) is 13.9. The van der Waals surface area contributed by atoms with Gasteiger partial charge in [0, 0.05) is 12.1 Å². The number of rotatable bonds is 2. The fourth-order valence-electron chi connectivity index (χ4n) is 2.33. The van der Waals surface area contributed by atoms with Crippen LogP contribution in [0.4, 0.5) is 10.1 Å². The highest BCUT2D eigenvalue weighted by molar-refractivity contribution is 9.11. The Morgan fingerprint density at radius 3 is 2.76 bits per heavy atom. The quantitative estimate of drug-likeness (QED) is 0.854. The first-order valence-electron chi connectivity index (χ1n) is 6.15. The molecular weight excluding hydrogens is 381 g/mol. The van der Waals surface area contributed by atoms with Crippen LogP contribution in [0.1, 0.15) is 18.1 Å². The lowest BCUT2D eigenvalue weighted by atomic mass is 10.0. The Bertz CT molecular complexity index is 790. The minimum Gasteiger partial charge on any atom is -0.388 e. The Morgan fingerprint density at radius 1 is 1.33 bits per heavy atom. The van der Waals surface area contributed by atoms with E-state index in [9.17, 15) is 17.9 Å². The molecule has 0 saturated carbocycles. The lowest BCUT2D eigenvalue weighted by molar-refractivity contribution is 0.166. The summed E-state index contributed by atoms with van der Waals surface area (Å²) in [4.78, 5) is 0. The van der Waals surface area contributed by atoms with Crippen LogP contribution in [0, 0.1) is 5.82 Å². The largest absolute Gasteiger partial charge is 0.388 e. The van der Waals surface area contributed by atoms with Crippen molar-refractivity contribution < 1.29 is 17.9 Å². The van der Waals surface area contributed by atoms with Crippen LogP contribution in [0.5, 0.6) is 0 Å². The Hall–Kier alpha value is -0.960. The van der Waals surface area contributed by atoms with E-state index in [0.717, 1.165) is 15.1 Å². The van der Waals surface area contributed by atoms with E-state index in [1.165, 1.54) is 28.6 Å². The van der Waals surface area contributed by atoms with Gasteiger partial charge < -0.3 is 5.11 Å². The van der Waals surface area contributed by atoms with Gasteiger partial charge in [-0.25, -0.2) is 12.8 Å². The van der Waals surface area contributed by atoms with E-state index in [2.05, 4.69) is 15.9 Å². The Morgan fingerprint density at radius 2 is 2.10 bits per heavy atom. The van der Waals surface area contributed by atoms with Gasteiger partial charge in [-0.05, 0) is 52.7 Å². The van der Waals surface area contributed by atoms with Crippen molar-refractivity contribution in [1.82, 2.24) is 0 Å². The van der Waals surface area contributed by atoms with Gasteiger partial charge in [0.15, 0.2) is 0 Å². The number of aliphatic hydroxyl groups is 1. The number of aliphatic hydroxyl groups excluding tert-OH is 1. The van der Waals surface area contributed by atoms with Crippen molar-refractivity contribution in [2.75, 3.05) is 10.8 Å². The minimum atomic E-state index is -3.70. The maximum Gasteiger partial charge on any atom is 0.273 e. The number of fused-ring (bicyclic) bond motifs is 1. The fraction of sp³-hybridized carbons (Fsp3) is 0.231. The van der Waals surface area contributed by atoms with E-state index in [1.54, 1.807) is 6.07 Å². The van der Waals surface area contributed by atoms with Crippen LogP contribution < -0.4 is 4.31 Å². The topological polar surface area (TPSA) is 57.6 Å². The molecule has 2 aromatic rings. The molecule has 4 nitrogen and oxygen atoms in total. The summed E-state index contributed by atoms with van der Waals surface area (Å²) < 4.78 is 40.9. The molecule has 0 bridgehead atoms. The average Bonchev–Trinajstić information content (AvgIpc) is 2.87. The third-order valence-corrected chi connectivity index (χ3v) is 7.22. The van der Waals surface area contributed by atoms with Crippen molar-refractivity contribution >= 4 is 43.0 Å². The SMILES string of the molecule is O=S(=O)(c1ccc(Br)s1)N1CCC(O)c2cc(F)ccc21. The third kappa shape index (κ3) is 2.61. The predicted octanol–water partition coefficient (Wildman–Crippen LogP) is 3.28. The summed E-state index contributed by atoms with van der Waals surface area (Å²) in [7, 11) is -3.70. The van der Waals surface area contributed by atoms with Crippen LogP contribution in [-0.4, -0.2) is 20.1 Å². The molecule has 1 atom stereocenters. The molecule has 0 amide bonds. The van der Waals surface area contributed by atoms with Crippen LogP contribution in [0.15, 0.2) is 38.3 Å². The van der Waals surface area contributed by atoms with Crippen molar-refractivity contribution in [1.29, 1.82) is 0 Å². The smallest absolute Gasteiger partial charge is 0.273 e. The molecule has 0 fully saturated rings. The number of anilines is 1. The highest BCUT2D eigenvalue weighted by atomic mass is 79.9. The monoisotopic (exact) mass is 391 g/mol. The summed E-state index contributed by atoms with van der Waals surface area (Å²) in [5, 5.41) is 9.95. The highest BCUT2D eigenvalue weighted by Crippen LogP contribution is 2.39. The number of nitrogens with zero attached hydrogens (tertiary/aromatic N) is 1. The number of benzene rings is 1. The van der Waals surface area contributed by atoms with Crippen molar-refractivity contribution in [3.63, 3.8) is 0 Å². The normalized spacial score (nSPS) is 18.6. The number of thiophene rings is 1. The van der Waals surface area contributed by atoms with E-state index in [1.807, 2.05) is 0 Å². The van der Waals surface area contributed by atoms with Crippen molar-refractivity contribution in [2.24, 2.45) is 0 Å². The average molecular weight is 392 g/mol. The number of sulfonamides is 1. The zero-order valence-electron chi connectivity index (χ0n) is 10.7. The standard InChI is InChI=1S/C13H11BrFNO3S2/c14-12-3-4-13(20-12)21(18,19)16-6-5-11(17)9-7-8(15)1-2-10(9)16/h1-4,7,11,17H,5-6H2. The van der Waals surface area contributed by atoms with Gasteiger partial charge in [-0.2, -0.15) is 0 Å². The first-order chi connectivity index (χ1) is 9.89. The van der Waals surface area contributed by atoms with Crippen molar-refractivity contribution in [3.8, 4) is 0 Å². The van der Waals surface area contributed by atoms with Crippen LogP contribution in [0.2, 0.25) is 0 Å². The second-order valence-electron chi connectivity index (χ2n) is 4.64. The zero-order chi connectivity index (χ0) is 15.2. The molecule has 0 aliphatic carbocycles. The number of hydrogen-bond donors (Lipinski definition) is 1. The molecule has 21 heavy (non-hydrogen) atoms. The minimum absolute atomic E-state index is 0.164. The first kappa shape index (κ1) is 15.0. The van der Waals surface area contributed by atoms with E-state index >= 15 is 0 Å². The van der Waals surface area contributed by atoms with Gasteiger partial charge in [-0.3, -0.25) is 4.31 Å². The van der Waals surface area contributed by atoms with Crippen molar-refractivity contribution in [3.05, 3.63) is 45.5 Å². The lowest BCUT2D eigenvalue weighted by Gasteiger charge is -2.32. The van der Waals surface area contributed by atoms with Crippen LogP contribution in [-0.2, 0) is 10.0 Å². The summed E-state index contributed by atoms with van der Waals surface area (Å²) >= 11 is 4.36. The predicted molar refractivity (Wildman–Crippen MR) is 82.5 cm³/mol. The molecule has 1 unspecified atom stereocenters. The molecule has 1 N–H and O–H groups in total. The third-order valence-electron chi connectivity index (χ3n) is 3.32. The maximum absolute atomic E-state index is 13.3. The van der Waals surface area contributed by atoms with Gasteiger partial charge in [0.1, 0.15) is 10.0 Å². The molecule has 0 radical (unpaired) electrons. The van der Waals surface area contributed by atoms with Gasteiger partial charge in [0.2, 0.25) is 0 Å². The van der Waals surface area contributed by atoms with Crippen LogP contribution >= 0.6 is 27.3 Å². The van der Waals surface area contributed by atoms with Gasteiger partial charge in [0.25, 0.3) is 10.0 Å². The summed E-state index contributed by atoms with van der Waals surface area (Å²) in [6.45, 7) is 0.164. The van der Waals surface area contributed by atoms with Gasteiger partial charge in [-0.1, -0.05) is 0 Å². The van der Waals surface area contributed by atoms with Crippen LogP contribution in [0.25, 0.3) is 0 Å². The first-order valence-corrected chi connectivity index (χ1v) is 9.20. The molecule has 2 heterocycles. The summed E-state index contributed by atoms with van der Waals surface area (Å²) in [5.41, 5.74) is 0.639. The molecule has 1 aromatic carbocycles. The molecule has 0 spiro atoms. The van der Waals surface area contributed by atoms with Crippen LogP contribution in [0.3, 0.4) is 0 Å². The summed E-state index contributed by atoms with van der Waals surface area (Å²) in [5.74, 6) is -0.495. The number of hydrogen-bond acceptors (Lipinski definition) is 4. The molecular formula is C13H11BrFNO3S2. The van der Waals surface area contributed by atoms with Gasteiger partial charge >= 0.3 is 0 Å². The molecule has 3 rings (SSSR count). The molecule has 1 aliphatic rings. The second kappa shape index (κ2) is 5.35. The lowest BCUT2D eigenvalue weighted by Crippen LogP contribution is -2.36. The van der Waals surface area contributed by atoms with Gasteiger partial charge in [-0.15, -0.1) is 11.3 Å². The van der Waals surface area contributed by atoms with E-state index in [0.29, 0.717) is 11.3 Å². The maximum atomic E-state index is 13.3. The Balaban J connectivity index is 2.11. The summed E-state index contributed by atoms with van der Waals surface area (Å²) in [6, 6.07) is 6.98. The highest BCUT2D eigenvalue weighted by Gasteiger charge is 2.33. The summed E-state index contributed by atoms with van der Waals surface area (Å²) in [6.07, 6.45) is -0.611. The van der Waals surface area contributed by atoms with Gasteiger partial charge in [0.05, 0.1) is 15.6 Å². The number of halogens is 2. The Labute approximate surface area is 134 Å². The molecule has 112 valence electrons. The van der Waals surface area contributed by atoms with E-state index in [4.69, 9.17) is 0 Å². The van der Waals surface area contributed by atoms with E-state index < -0.39 is 21.9 Å². The van der Waals surface area contributed by atoms with Crippen molar-refractivity contribution in [2.45, 2.75) is 16.7 Å². The molecule has 8 heteroatoms. The fourth-order valence-corrected chi connectivity index (χ4v) is 5.96. The Kier molecular flexibility index (Phi) is 3.81. The molecule has 1 aromatic heterocycles. The second-order valence-corrected chi connectivity index (χ2v) is 9.20. The molecule has 1 aliphatic heterocycles. The van der Waals surface area contributed by atoms with E-state index in [-0.39, 0.29) is 17.2 Å². The molecule has 0 saturated heterocycles.